The monoisotopic (exact) mass is 484 g/mol. The number of carbonyl (C=O) groups is 3. The fourth-order valence-electron chi connectivity index (χ4n) is 3.83. The minimum Gasteiger partial charge on any atom is -0.480 e. The summed E-state index contributed by atoms with van der Waals surface area (Å²) >= 11 is 1.26. The number of fused-ring (bicyclic) bond motifs is 1. The molecule has 4 aromatic rings. The molecule has 1 heterocycles. The van der Waals surface area contributed by atoms with Gasteiger partial charge < -0.3 is 15.3 Å². The van der Waals surface area contributed by atoms with Crippen LogP contribution >= 0.6 is 11.3 Å². The lowest BCUT2D eigenvalue weighted by atomic mass is 10.0. The fourth-order valence-corrected chi connectivity index (χ4v) is 4.45. The molecule has 2 amide bonds. The highest BCUT2D eigenvalue weighted by molar-refractivity contribution is 7.12. The lowest BCUT2D eigenvalue weighted by Crippen LogP contribution is -2.46. The minimum atomic E-state index is -1.13. The number of hydrogen-bond donors (Lipinski definition) is 2. The molecule has 0 bridgehead atoms. The van der Waals surface area contributed by atoms with Crippen LogP contribution in [-0.4, -0.2) is 40.9 Å². The molecule has 0 fully saturated rings. The van der Waals surface area contributed by atoms with E-state index in [1.165, 1.54) is 23.3 Å². The highest BCUT2D eigenvalue weighted by Crippen LogP contribution is 2.22. The van der Waals surface area contributed by atoms with Crippen molar-refractivity contribution >= 4 is 46.0 Å². The van der Waals surface area contributed by atoms with E-state index in [2.05, 4.69) is 5.32 Å². The van der Waals surface area contributed by atoms with E-state index >= 15 is 0 Å². The number of carbonyl (C=O) groups excluding carboxylic acids is 2. The molecule has 6 nitrogen and oxygen atoms in total. The number of thiophene rings is 1. The van der Waals surface area contributed by atoms with E-state index in [1.54, 1.807) is 23.6 Å². The molecule has 0 aliphatic heterocycles. The summed E-state index contributed by atoms with van der Waals surface area (Å²) in [5, 5.41) is 16.3. The van der Waals surface area contributed by atoms with Crippen LogP contribution in [0.4, 0.5) is 0 Å². The average Bonchev–Trinajstić information content (AvgIpc) is 3.42. The van der Waals surface area contributed by atoms with E-state index in [1.807, 2.05) is 72.8 Å². The number of rotatable bonds is 8. The highest BCUT2D eigenvalue weighted by Gasteiger charge is 2.29. The summed E-state index contributed by atoms with van der Waals surface area (Å²) in [5.74, 6) is -2.15. The van der Waals surface area contributed by atoms with Crippen LogP contribution in [0.2, 0.25) is 0 Å². The van der Waals surface area contributed by atoms with Crippen LogP contribution in [0.1, 0.15) is 20.8 Å². The van der Waals surface area contributed by atoms with Gasteiger partial charge in [0.05, 0.1) is 4.88 Å². The van der Waals surface area contributed by atoms with Crippen molar-refractivity contribution in [1.82, 2.24) is 10.2 Å². The standard InChI is InChI=1S/C28H24N2O4S/c1-30(24(28(33)34)17-19-9-3-2-4-10-19)27(32)23(29-26(31)25-15-8-16-35-25)18-21-13-7-12-20-11-5-6-14-22(20)21/h2-16,18,24H,17H2,1H3,(H,29,31)(H,33,34)/b23-18+. The van der Waals surface area contributed by atoms with Crippen molar-refractivity contribution in [3.63, 3.8) is 0 Å². The van der Waals surface area contributed by atoms with Crippen molar-refractivity contribution in [2.75, 3.05) is 7.05 Å². The molecule has 1 aromatic heterocycles. The predicted octanol–water partition coefficient (Wildman–Crippen LogP) is 4.83. The SMILES string of the molecule is CN(C(=O)/C(=C\c1cccc2ccccc12)NC(=O)c1cccs1)C(Cc1ccccc1)C(=O)O. The normalized spacial score (nSPS) is 12.2. The second kappa shape index (κ2) is 10.8. The topological polar surface area (TPSA) is 86.7 Å². The van der Waals surface area contributed by atoms with Crippen LogP contribution < -0.4 is 5.32 Å². The van der Waals surface area contributed by atoms with E-state index in [0.29, 0.717) is 4.88 Å². The first-order valence-corrected chi connectivity index (χ1v) is 11.9. The molecule has 2 N–H and O–H groups in total. The zero-order chi connectivity index (χ0) is 24.8. The quantitative estimate of drug-likeness (QED) is 0.351. The molecule has 0 saturated heterocycles. The zero-order valence-electron chi connectivity index (χ0n) is 19.0. The number of nitrogens with zero attached hydrogens (tertiary/aromatic N) is 1. The zero-order valence-corrected chi connectivity index (χ0v) is 19.9. The molecular formula is C28H24N2O4S. The van der Waals surface area contributed by atoms with Crippen LogP contribution in [0, 0.1) is 0 Å². The van der Waals surface area contributed by atoms with E-state index in [4.69, 9.17) is 0 Å². The smallest absolute Gasteiger partial charge is 0.326 e. The molecule has 7 heteroatoms. The van der Waals surface area contributed by atoms with Gasteiger partial charge in [0.15, 0.2) is 0 Å². The number of likely N-dealkylation sites (N-methyl/N-ethyl adjacent to an activating group) is 1. The number of benzene rings is 3. The van der Waals surface area contributed by atoms with Crippen molar-refractivity contribution in [3.05, 3.63) is 112 Å². The average molecular weight is 485 g/mol. The van der Waals surface area contributed by atoms with Gasteiger partial charge in [0, 0.05) is 13.5 Å². The van der Waals surface area contributed by atoms with Gasteiger partial charge in [-0.1, -0.05) is 78.9 Å². The van der Waals surface area contributed by atoms with Crippen LogP contribution in [0.25, 0.3) is 16.8 Å². The maximum absolute atomic E-state index is 13.6. The van der Waals surface area contributed by atoms with Crippen molar-refractivity contribution in [2.24, 2.45) is 0 Å². The van der Waals surface area contributed by atoms with Gasteiger partial charge >= 0.3 is 5.97 Å². The van der Waals surface area contributed by atoms with Gasteiger partial charge in [-0.15, -0.1) is 11.3 Å². The van der Waals surface area contributed by atoms with Crippen molar-refractivity contribution < 1.29 is 19.5 Å². The molecule has 0 radical (unpaired) electrons. The highest BCUT2D eigenvalue weighted by atomic mass is 32.1. The van der Waals surface area contributed by atoms with E-state index in [9.17, 15) is 19.5 Å². The Balaban J connectivity index is 1.71. The van der Waals surface area contributed by atoms with Crippen LogP contribution in [0.3, 0.4) is 0 Å². The Morgan fingerprint density at radius 1 is 0.943 bits per heavy atom. The Morgan fingerprint density at radius 3 is 2.37 bits per heavy atom. The lowest BCUT2D eigenvalue weighted by Gasteiger charge is -2.26. The first-order valence-electron chi connectivity index (χ1n) is 11.0. The molecule has 0 saturated carbocycles. The molecule has 0 spiro atoms. The van der Waals surface area contributed by atoms with Gasteiger partial charge in [-0.2, -0.15) is 0 Å². The van der Waals surface area contributed by atoms with Crippen LogP contribution in [0.15, 0.2) is 96.0 Å². The van der Waals surface area contributed by atoms with Crippen molar-refractivity contribution in [3.8, 4) is 0 Å². The van der Waals surface area contributed by atoms with Gasteiger partial charge in [-0.25, -0.2) is 4.79 Å². The van der Waals surface area contributed by atoms with Gasteiger partial charge in [-0.3, -0.25) is 9.59 Å². The summed E-state index contributed by atoms with van der Waals surface area (Å²) in [7, 11) is 1.44. The lowest BCUT2D eigenvalue weighted by molar-refractivity contribution is -0.147. The first-order chi connectivity index (χ1) is 16.9. The van der Waals surface area contributed by atoms with E-state index in [0.717, 1.165) is 21.9 Å². The number of hydrogen-bond acceptors (Lipinski definition) is 4. The Hall–Kier alpha value is -4.23. The Kier molecular flexibility index (Phi) is 7.38. The molecule has 176 valence electrons. The summed E-state index contributed by atoms with van der Waals surface area (Å²) in [4.78, 5) is 40.2. The number of amides is 2. The van der Waals surface area contributed by atoms with Crippen molar-refractivity contribution in [1.29, 1.82) is 0 Å². The Labute approximate surface area is 207 Å². The second-order valence-electron chi connectivity index (χ2n) is 8.02. The number of aliphatic carboxylic acids is 1. The Morgan fingerprint density at radius 2 is 1.66 bits per heavy atom. The summed E-state index contributed by atoms with van der Waals surface area (Å²) in [5.41, 5.74) is 1.53. The van der Waals surface area contributed by atoms with E-state index < -0.39 is 23.8 Å². The van der Waals surface area contributed by atoms with Crippen molar-refractivity contribution in [2.45, 2.75) is 12.5 Å². The predicted molar refractivity (Wildman–Crippen MR) is 138 cm³/mol. The van der Waals surface area contributed by atoms with Gasteiger partial charge in [0.2, 0.25) is 0 Å². The number of carboxylic acid groups (broad SMARTS) is 1. The number of nitrogens with one attached hydrogen (secondary N) is 1. The molecular weight excluding hydrogens is 460 g/mol. The molecule has 4 rings (SSSR count). The Bertz CT molecular complexity index is 1380. The molecule has 3 aromatic carbocycles. The van der Waals surface area contributed by atoms with Crippen LogP contribution in [0.5, 0.6) is 0 Å². The molecule has 1 unspecified atom stereocenters. The molecule has 1 atom stereocenters. The minimum absolute atomic E-state index is 0.00145. The number of carboxylic acids is 1. The fraction of sp³-hybridized carbons (Fsp3) is 0.107. The van der Waals surface area contributed by atoms with Gasteiger partial charge in [0.25, 0.3) is 11.8 Å². The summed E-state index contributed by atoms with van der Waals surface area (Å²) in [6, 6.07) is 24.8. The van der Waals surface area contributed by atoms with Gasteiger partial charge in [-0.05, 0) is 39.4 Å². The van der Waals surface area contributed by atoms with E-state index in [-0.39, 0.29) is 12.1 Å². The first kappa shape index (κ1) is 23.9. The molecule has 0 aliphatic carbocycles. The molecule has 35 heavy (non-hydrogen) atoms. The summed E-state index contributed by atoms with van der Waals surface area (Å²) in [6.07, 6.45) is 1.74. The van der Waals surface area contributed by atoms with Crippen LogP contribution in [-0.2, 0) is 16.0 Å². The molecule has 0 aliphatic rings. The second-order valence-corrected chi connectivity index (χ2v) is 8.97. The van der Waals surface area contributed by atoms with Gasteiger partial charge in [0.1, 0.15) is 11.7 Å². The largest absolute Gasteiger partial charge is 0.480 e. The maximum atomic E-state index is 13.6. The third-order valence-electron chi connectivity index (χ3n) is 5.69. The maximum Gasteiger partial charge on any atom is 0.326 e. The third-order valence-corrected chi connectivity index (χ3v) is 6.56. The summed E-state index contributed by atoms with van der Waals surface area (Å²) in [6.45, 7) is 0. The third kappa shape index (κ3) is 5.65. The summed E-state index contributed by atoms with van der Waals surface area (Å²) < 4.78 is 0.